The molecule has 2 rings (SSSR count). The smallest absolute Gasteiger partial charge is 0.258 e. The number of sulfonamides is 1. The molecule has 0 saturated heterocycles. The average Bonchev–Trinajstić information content (AvgIpc) is 3.11. The largest absolute Gasteiger partial charge is 0.273 e. The van der Waals surface area contributed by atoms with Gasteiger partial charge < -0.3 is 0 Å². The highest BCUT2D eigenvalue weighted by Gasteiger charge is 2.31. The van der Waals surface area contributed by atoms with Gasteiger partial charge in [-0.25, -0.2) is 13.1 Å². The number of nitrogens with one attached hydrogen (secondary N) is 1. The van der Waals surface area contributed by atoms with Crippen molar-refractivity contribution in [1.82, 2.24) is 4.72 Å². The lowest BCUT2D eigenvalue weighted by atomic mass is 10.2. The second kappa shape index (κ2) is 4.90. The topological polar surface area (TPSA) is 89.3 Å². The van der Waals surface area contributed by atoms with Crippen molar-refractivity contribution in [2.75, 3.05) is 0 Å². The van der Waals surface area contributed by atoms with E-state index in [1.165, 1.54) is 12.1 Å². The van der Waals surface area contributed by atoms with Crippen LogP contribution in [0.25, 0.3) is 0 Å². The molecule has 1 aliphatic carbocycles. The van der Waals surface area contributed by atoms with Gasteiger partial charge in [-0.3, -0.25) is 10.1 Å². The summed E-state index contributed by atoms with van der Waals surface area (Å²) in [6, 6.07) is 3.82. The Labute approximate surface area is 112 Å². The molecule has 0 aliphatic heterocycles. The summed E-state index contributed by atoms with van der Waals surface area (Å²) in [6.45, 7) is 3.40. The Morgan fingerprint density at radius 3 is 2.58 bits per heavy atom. The Morgan fingerprint density at radius 1 is 1.42 bits per heavy atom. The molecule has 0 unspecified atom stereocenters. The van der Waals surface area contributed by atoms with E-state index in [2.05, 4.69) is 4.72 Å². The second-order valence-electron chi connectivity index (χ2n) is 4.95. The summed E-state index contributed by atoms with van der Waals surface area (Å²) >= 11 is 0. The van der Waals surface area contributed by atoms with E-state index >= 15 is 0 Å². The molecule has 19 heavy (non-hydrogen) atoms. The monoisotopic (exact) mass is 284 g/mol. The average molecular weight is 284 g/mol. The third-order valence-corrected chi connectivity index (χ3v) is 4.91. The molecule has 1 fully saturated rings. The number of nitrogens with zero attached hydrogens (tertiary/aromatic N) is 1. The first-order chi connectivity index (χ1) is 8.81. The lowest BCUT2D eigenvalue weighted by Gasteiger charge is -2.13. The lowest BCUT2D eigenvalue weighted by Crippen LogP contribution is -2.34. The fourth-order valence-electron chi connectivity index (χ4n) is 1.96. The van der Waals surface area contributed by atoms with Gasteiger partial charge in [0, 0.05) is 17.7 Å². The molecule has 0 bridgehead atoms. The number of aryl methyl sites for hydroxylation is 1. The molecular formula is C12H16N2O4S. The standard InChI is InChI=1S/C12H16N2O4S/c1-8-3-6-11(7-12(8)14(15)16)19(17,18)13-9(2)10-4-5-10/h3,6-7,9-10,13H,4-5H2,1-2H3/t9-/m1/s1. The summed E-state index contributed by atoms with van der Waals surface area (Å²) in [5.41, 5.74) is 0.265. The molecule has 6 nitrogen and oxygen atoms in total. The van der Waals surface area contributed by atoms with Crippen molar-refractivity contribution in [2.45, 2.75) is 37.6 Å². The summed E-state index contributed by atoms with van der Waals surface area (Å²) in [6.07, 6.45) is 2.05. The zero-order valence-electron chi connectivity index (χ0n) is 10.8. The maximum atomic E-state index is 12.1. The predicted molar refractivity (Wildman–Crippen MR) is 70.3 cm³/mol. The lowest BCUT2D eigenvalue weighted by molar-refractivity contribution is -0.385. The van der Waals surface area contributed by atoms with Gasteiger partial charge in [0.2, 0.25) is 10.0 Å². The highest BCUT2D eigenvalue weighted by atomic mass is 32.2. The maximum absolute atomic E-state index is 12.1. The van der Waals surface area contributed by atoms with Crippen molar-refractivity contribution in [2.24, 2.45) is 5.92 Å². The van der Waals surface area contributed by atoms with Crippen LogP contribution >= 0.6 is 0 Å². The molecule has 0 amide bonds. The first-order valence-corrected chi connectivity index (χ1v) is 7.57. The van der Waals surface area contributed by atoms with Gasteiger partial charge in [-0.15, -0.1) is 0 Å². The van der Waals surface area contributed by atoms with E-state index in [0.717, 1.165) is 18.9 Å². The summed E-state index contributed by atoms with van der Waals surface area (Å²) in [7, 11) is -3.69. The van der Waals surface area contributed by atoms with Crippen LogP contribution in [0.5, 0.6) is 0 Å². The highest BCUT2D eigenvalue weighted by molar-refractivity contribution is 7.89. The van der Waals surface area contributed by atoms with Crippen LogP contribution < -0.4 is 4.72 Å². The SMILES string of the molecule is Cc1ccc(S(=O)(=O)N[C@H](C)C2CC2)cc1[N+](=O)[O-]. The molecule has 1 aromatic carbocycles. The molecule has 1 aliphatic rings. The Kier molecular flexibility index (Phi) is 3.60. The molecule has 0 radical (unpaired) electrons. The van der Waals surface area contributed by atoms with Crippen LogP contribution in [-0.4, -0.2) is 19.4 Å². The van der Waals surface area contributed by atoms with E-state index in [0.29, 0.717) is 11.5 Å². The first-order valence-electron chi connectivity index (χ1n) is 6.08. The summed E-state index contributed by atoms with van der Waals surface area (Å²) in [5, 5.41) is 10.8. The molecule has 1 atom stereocenters. The van der Waals surface area contributed by atoms with Gasteiger partial charge in [0.15, 0.2) is 0 Å². The quantitative estimate of drug-likeness (QED) is 0.661. The van der Waals surface area contributed by atoms with Crippen LogP contribution in [0.3, 0.4) is 0 Å². The van der Waals surface area contributed by atoms with Crippen molar-refractivity contribution in [1.29, 1.82) is 0 Å². The van der Waals surface area contributed by atoms with Crippen molar-refractivity contribution >= 4 is 15.7 Å². The summed E-state index contributed by atoms with van der Waals surface area (Å²) in [4.78, 5) is 10.2. The van der Waals surface area contributed by atoms with Crippen molar-refractivity contribution in [3.8, 4) is 0 Å². The van der Waals surface area contributed by atoms with Crippen LogP contribution in [-0.2, 0) is 10.0 Å². The van der Waals surface area contributed by atoms with Gasteiger partial charge in [0.05, 0.1) is 9.82 Å². The molecule has 7 heteroatoms. The van der Waals surface area contributed by atoms with Gasteiger partial charge in [-0.1, -0.05) is 6.07 Å². The number of nitro groups is 1. The van der Waals surface area contributed by atoms with Gasteiger partial charge in [-0.05, 0) is 38.7 Å². The number of benzene rings is 1. The minimum atomic E-state index is -3.69. The van der Waals surface area contributed by atoms with Gasteiger partial charge in [0.1, 0.15) is 0 Å². The van der Waals surface area contributed by atoms with Gasteiger partial charge in [-0.2, -0.15) is 0 Å². The first kappa shape index (κ1) is 14.0. The van der Waals surface area contributed by atoms with Crippen LogP contribution in [0.15, 0.2) is 23.1 Å². The van der Waals surface area contributed by atoms with Gasteiger partial charge in [0.25, 0.3) is 5.69 Å². The van der Waals surface area contributed by atoms with E-state index in [9.17, 15) is 18.5 Å². The van der Waals surface area contributed by atoms with Crippen LogP contribution in [0.4, 0.5) is 5.69 Å². The molecular weight excluding hydrogens is 268 g/mol. The Morgan fingerprint density at radius 2 is 2.05 bits per heavy atom. The van der Waals surface area contributed by atoms with Crippen molar-refractivity contribution in [3.63, 3.8) is 0 Å². The fourth-order valence-corrected chi connectivity index (χ4v) is 3.29. The third kappa shape index (κ3) is 3.10. The number of rotatable bonds is 5. The van der Waals surface area contributed by atoms with Crippen LogP contribution in [0, 0.1) is 23.0 Å². The normalized spacial score (nSPS) is 17.2. The van der Waals surface area contributed by atoms with Crippen molar-refractivity contribution < 1.29 is 13.3 Å². The minimum Gasteiger partial charge on any atom is -0.258 e. The zero-order valence-corrected chi connectivity index (χ0v) is 11.6. The highest BCUT2D eigenvalue weighted by Crippen LogP contribution is 2.33. The molecule has 0 spiro atoms. The van der Waals surface area contributed by atoms with E-state index < -0.39 is 14.9 Å². The van der Waals surface area contributed by atoms with E-state index in [-0.39, 0.29) is 16.6 Å². The molecule has 0 aromatic heterocycles. The van der Waals surface area contributed by atoms with E-state index in [1.54, 1.807) is 6.92 Å². The molecule has 104 valence electrons. The van der Waals surface area contributed by atoms with E-state index in [4.69, 9.17) is 0 Å². The fraction of sp³-hybridized carbons (Fsp3) is 0.500. The Balaban J connectivity index is 2.29. The molecule has 0 heterocycles. The van der Waals surface area contributed by atoms with Crippen LogP contribution in [0.1, 0.15) is 25.3 Å². The van der Waals surface area contributed by atoms with Crippen molar-refractivity contribution in [3.05, 3.63) is 33.9 Å². The maximum Gasteiger partial charge on any atom is 0.273 e. The predicted octanol–water partition coefficient (Wildman–Crippen LogP) is 1.98. The Hall–Kier alpha value is -1.47. The van der Waals surface area contributed by atoms with Crippen LogP contribution in [0.2, 0.25) is 0 Å². The number of hydrogen-bond acceptors (Lipinski definition) is 4. The molecule has 1 saturated carbocycles. The summed E-state index contributed by atoms with van der Waals surface area (Å²) in [5.74, 6) is 0.384. The third-order valence-electron chi connectivity index (χ3n) is 3.36. The number of hydrogen-bond donors (Lipinski definition) is 1. The van der Waals surface area contributed by atoms with Gasteiger partial charge >= 0.3 is 0 Å². The Bertz CT molecular complexity index is 608. The summed E-state index contributed by atoms with van der Waals surface area (Å²) < 4.78 is 26.8. The molecule has 1 aromatic rings. The number of nitro benzene ring substituents is 1. The second-order valence-corrected chi connectivity index (χ2v) is 6.67. The minimum absolute atomic E-state index is 0.0581. The van der Waals surface area contributed by atoms with E-state index in [1.807, 2.05) is 6.92 Å². The zero-order chi connectivity index (χ0) is 14.2. The molecule has 1 N–H and O–H groups in total.